The Hall–Kier alpha value is -0.0700. The predicted molar refractivity (Wildman–Crippen MR) is 55.7 cm³/mol. The quantitative estimate of drug-likeness (QED) is 0.461. The number of aromatic nitrogens is 3. The van der Waals surface area contributed by atoms with Gasteiger partial charge in [-0.2, -0.15) is 0 Å². The Bertz CT molecular complexity index is 400. The first kappa shape index (κ1) is 8.52. The van der Waals surface area contributed by atoms with Gasteiger partial charge in [0.15, 0.2) is 0 Å². The fraction of sp³-hybridized carbons (Fsp3) is 0. The Kier molecular flexibility index (Phi) is 2.14. The van der Waals surface area contributed by atoms with Crippen LogP contribution in [0.5, 0.6) is 0 Å². The van der Waals surface area contributed by atoms with Gasteiger partial charge in [0.05, 0.1) is 5.56 Å². The predicted octanol–water partition coefficient (Wildman–Crippen LogP) is 2.82. The van der Waals surface area contributed by atoms with Crippen molar-refractivity contribution in [3.05, 3.63) is 20.2 Å². The minimum Gasteiger partial charge on any atom is -0.314 e. The van der Waals surface area contributed by atoms with E-state index in [-0.39, 0.29) is 5.28 Å². The van der Waals surface area contributed by atoms with E-state index < -0.39 is 0 Å². The van der Waals surface area contributed by atoms with Crippen molar-refractivity contribution in [3.63, 3.8) is 0 Å². The molecule has 0 aliphatic carbocycles. The van der Waals surface area contributed by atoms with Crippen molar-refractivity contribution in [2.45, 2.75) is 0 Å². The summed E-state index contributed by atoms with van der Waals surface area (Å²) in [4.78, 5) is 10.7. The van der Waals surface area contributed by atoms with Gasteiger partial charge in [-0.25, -0.2) is 9.97 Å². The molecule has 12 heavy (non-hydrogen) atoms. The molecule has 0 aromatic rings. The number of nitrogens with zero attached hydrogens (tertiary/aromatic N) is 2. The number of rotatable bonds is 0. The summed E-state index contributed by atoms with van der Waals surface area (Å²) < 4.78 is 0.966. The summed E-state index contributed by atoms with van der Waals surface area (Å²) in [6.45, 7) is 0. The molecule has 62 valence electrons. The Balaban J connectivity index is 2.82. The first-order valence-corrected chi connectivity index (χ1v) is 4.87. The Morgan fingerprint density at radius 3 is 2.92 bits per heavy atom. The van der Waals surface area contributed by atoms with Gasteiger partial charge in [-0.15, -0.1) is 0 Å². The van der Waals surface area contributed by atoms with E-state index in [1.54, 1.807) is 6.20 Å². The highest BCUT2D eigenvalue weighted by molar-refractivity contribution is 14.1. The van der Waals surface area contributed by atoms with Gasteiger partial charge in [-0.1, -0.05) is 11.6 Å². The molecule has 0 bridgehead atoms. The zero-order valence-corrected chi connectivity index (χ0v) is 9.28. The lowest BCUT2D eigenvalue weighted by atomic mass is 10.3. The average Bonchev–Trinajstić information content (AvgIpc) is 2.31. The molecular weight excluding hydrogens is 312 g/mol. The molecule has 0 atom stereocenters. The van der Waals surface area contributed by atoms with E-state index in [4.69, 9.17) is 23.2 Å². The molecule has 0 fully saturated rings. The molecular formula is C6H2Cl2IN3. The third-order valence-corrected chi connectivity index (χ3v) is 2.68. The van der Waals surface area contributed by atoms with Gasteiger partial charge >= 0.3 is 0 Å². The van der Waals surface area contributed by atoms with Gasteiger partial charge in [-0.05, 0) is 34.2 Å². The highest BCUT2D eigenvalue weighted by Crippen LogP contribution is 2.31. The fourth-order valence-corrected chi connectivity index (χ4v) is 2.22. The van der Waals surface area contributed by atoms with Gasteiger partial charge in [0.2, 0.25) is 5.28 Å². The van der Waals surface area contributed by atoms with E-state index in [0.29, 0.717) is 11.0 Å². The van der Waals surface area contributed by atoms with Crippen LogP contribution in [-0.2, 0) is 0 Å². The molecule has 1 N–H and O–H groups in total. The maximum atomic E-state index is 5.85. The molecule has 2 heterocycles. The van der Waals surface area contributed by atoms with Crippen LogP contribution < -0.4 is 0 Å². The zero-order valence-electron chi connectivity index (χ0n) is 5.61. The van der Waals surface area contributed by atoms with Crippen LogP contribution in [0.4, 0.5) is 0 Å². The Labute approximate surface area is 92.0 Å². The molecule has 0 saturated carbocycles. The first-order chi connectivity index (χ1) is 5.68. The topological polar surface area (TPSA) is 41.6 Å². The lowest BCUT2D eigenvalue weighted by molar-refractivity contribution is 1.13. The highest BCUT2D eigenvalue weighted by Gasteiger charge is 2.15. The van der Waals surface area contributed by atoms with E-state index in [1.165, 1.54) is 0 Å². The second kappa shape index (κ2) is 3.01. The Morgan fingerprint density at radius 1 is 1.42 bits per heavy atom. The summed E-state index contributed by atoms with van der Waals surface area (Å²) in [7, 11) is 0. The largest absolute Gasteiger partial charge is 0.314 e. The third-order valence-electron chi connectivity index (χ3n) is 1.41. The third kappa shape index (κ3) is 1.27. The van der Waals surface area contributed by atoms with Crippen molar-refractivity contribution in [1.29, 1.82) is 0 Å². The molecule has 0 radical (unpaired) electrons. The number of H-pyrrole nitrogens is 1. The average molecular weight is 314 g/mol. The number of halogens is 3. The zero-order chi connectivity index (χ0) is 8.72. The van der Waals surface area contributed by atoms with Crippen LogP contribution >= 0.6 is 45.8 Å². The molecule has 3 nitrogen and oxygen atoms in total. The lowest BCUT2D eigenvalue weighted by Crippen LogP contribution is -1.90. The minimum atomic E-state index is 0.252. The van der Waals surface area contributed by atoms with Crippen molar-refractivity contribution >= 4 is 45.8 Å². The maximum Gasteiger partial charge on any atom is 0.203 e. The van der Waals surface area contributed by atoms with Gasteiger partial charge in [0.1, 0.15) is 11.0 Å². The Morgan fingerprint density at radius 2 is 2.17 bits per heavy atom. The molecule has 0 unspecified atom stereocenters. The lowest BCUT2D eigenvalue weighted by Gasteiger charge is -2.00. The smallest absolute Gasteiger partial charge is 0.203 e. The highest BCUT2D eigenvalue weighted by atomic mass is 127. The van der Waals surface area contributed by atoms with E-state index in [2.05, 4.69) is 37.5 Å². The molecule has 6 heteroatoms. The summed E-state index contributed by atoms with van der Waals surface area (Å²) in [5.41, 5.74) is 0.821. The van der Waals surface area contributed by atoms with Gasteiger partial charge in [0, 0.05) is 9.77 Å². The van der Waals surface area contributed by atoms with Crippen LogP contribution in [0.15, 0.2) is 6.20 Å². The van der Waals surface area contributed by atoms with Crippen molar-refractivity contribution in [2.75, 3.05) is 0 Å². The number of fused-ring (bicyclic) bond motifs is 1. The summed E-state index contributed by atoms with van der Waals surface area (Å²) >= 11 is 13.6. The molecule has 2 rings (SSSR count). The number of hydrogen-bond donors (Lipinski definition) is 1. The molecule has 0 aromatic carbocycles. The van der Waals surface area contributed by atoms with Crippen LogP contribution in [0, 0.1) is 3.57 Å². The van der Waals surface area contributed by atoms with Crippen LogP contribution in [0.2, 0.25) is 10.4 Å². The normalized spacial score (nSPS) is 10.9. The van der Waals surface area contributed by atoms with Crippen molar-refractivity contribution in [3.8, 4) is 11.4 Å². The SMILES string of the molecule is Clc1nc(Cl)c2c(I)cnc-2[nH]1. The molecule has 0 aromatic heterocycles. The minimum absolute atomic E-state index is 0.252. The van der Waals surface area contributed by atoms with Crippen LogP contribution in [0.3, 0.4) is 0 Å². The molecule has 0 amide bonds. The first-order valence-electron chi connectivity index (χ1n) is 3.03. The van der Waals surface area contributed by atoms with E-state index in [9.17, 15) is 0 Å². The van der Waals surface area contributed by atoms with Crippen molar-refractivity contribution in [1.82, 2.24) is 15.0 Å². The fourth-order valence-electron chi connectivity index (χ4n) is 0.922. The van der Waals surface area contributed by atoms with Crippen LogP contribution in [0.1, 0.15) is 0 Å². The summed E-state index contributed by atoms with van der Waals surface area (Å²) in [6, 6.07) is 0. The summed E-state index contributed by atoms with van der Waals surface area (Å²) in [6.07, 6.45) is 1.71. The maximum absolute atomic E-state index is 5.85. The van der Waals surface area contributed by atoms with Crippen molar-refractivity contribution in [2.24, 2.45) is 0 Å². The number of hydrogen-bond acceptors (Lipinski definition) is 2. The van der Waals surface area contributed by atoms with Crippen LogP contribution in [-0.4, -0.2) is 15.0 Å². The van der Waals surface area contributed by atoms with E-state index >= 15 is 0 Å². The van der Waals surface area contributed by atoms with Gasteiger partial charge in [0.25, 0.3) is 0 Å². The van der Waals surface area contributed by atoms with E-state index in [0.717, 1.165) is 9.13 Å². The number of aromatic amines is 1. The van der Waals surface area contributed by atoms with Crippen LogP contribution in [0.25, 0.3) is 11.4 Å². The molecule has 0 spiro atoms. The molecule has 0 saturated heterocycles. The summed E-state index contributed by atoms with van der Waals surface area (Å²) in [5.74, 6) is 0.671. The second-order valence-corrected chi connectivity index (χ2v) is 4.03. The second-order valence-electron chi connectivity index (χ2n) is 2.15. The standard InChI is InChI=1S/C6H2Cl2IN3/c7-4-3-2(9)1-10-5(3)12-6(8)11-4/h1H,(H,10,11,12). The van der Waals surface area contributed by atoms with E-state index in [1.807, 2.05) is 0 Å². The molecule has 2 aliphatic rings. The van der Waals surface area contributed by atoms with Crippen molar-refractivity contribution < 1.29 is 0 Å². The molecule has 2 aliphatic heterocycles. The van der Waals surface area contributed by atoms with Gasteiger partial charge in [-0.3, -0.25) is 0 Å². The monoisotopic (exact) mass is 313 g/mol. The number of nitrogens with one attached hydrogen (secondary N) is 1. The van der Waals surface area contributed by atoms with Gasteiger partial charge < -0.3 is 4.98 Å². The summed E-state index contributed by atoms with van der Waals surface area (Å²) in [5, 5.41) is 0.637.